The molecule has 0 spiro atoms. The molecule has 0 fully saturated rings. The number of aryl methyl sites for hydroxylation is 1. The van der Waals surface area contributed by atoms with E-state index in [2.05, 4.69) is 39.2 Å². The maximum Gasteiger partial charge on any atom is 0.183 e. The monoisotopic (exact) mass is 322 g/mol. The maximum absolute atomic E-state index is 10.4. The van der Waals surface area contributed by atoms with E-state index in [1.165, 1.54) is 0 Å². The second kappa shape index (κ2) is 6.84. The summed E-state index contributed by atoms with van der Waals surface area (Å²) in [7, 11) is 5.90. The topological polar surface area (TPSA) is 54.2 Å². The van der Waals surface area contributed by atoms with Gasteiger partial charge in [0, 0.05) is 33.3 Å². The highest BCUT2D eigenvalue weighted by molar-refractivity contribution is 5.46. The molecule has 0 saturated carbocycles. The van der Waals surface area contributed by atoms with E-state index in [1.54, 1.807) is 4.68 Å². The van der Waals surface area contributed by atoms with Crippen molar-refractivity contribution in [3.05, 3.63) is 77.4 Å². The SMILES string of the molecule is CN(C)c1ccc(Cc2nc([C@H](O)c3ccccc3)nn2C)cc1. The van der Waals surface area contributed by atoms with Crippen molar-refractivity contribution in [3.63, 3.8) is 0 Å². The number of hydrogen-bond acceptors (Lipinski definition) is 4. The van der Waals surface area contributed by atoms with Crippen molar-refractivity contribution >= 4 is 5.69 Å². The molecule has 1 aromatic heterocycles. The Morgan fingerprint density at radius 2 is 1.71 bits per heavy atom. The first-order chi connectivity index (χ1) is 11.5. The molecular weight excluding hydrogens is 300 g/mol. The number of aromatic nitrogens is 3. The van der Waals surface area contributed by atoms with Crippen LogP contribution < -0.4 is 4.90 Å². The second-order valence-electron chi connectivity index (χ2n) is 6.06. The number of aliphatic hydroxyl groups excluding tert-OH is 1. The highest BCUT2D eigenvalue weighted by atomic mass is 16.3. The van der Waals surface area contributed by atoms with Gasteiger partial charge in [0.05, 0.1) is 0 Å². The Morgan fingerprint density at radius 3 is 2.33 bits per heavy atom. The van der Waals surface area contributed by atoms with Crippen LogP contribution in [0.4, 0.5) is 5.69 Å². The first-order valence-electron chi connectivity index (χ1n) is 7.93. The van der Waals surface area contributed by atoms with Crippen molar-refractivity contribution in [1.82, 2.24) is 14.8 Å². The van der Waals surface area contributed by atoms with Crippen LogP contribution in [-0.2, 0) is 13.5 Å². The largest absolute Gasteiger partial charge is 0.380 e. The smallest absolute Gasteiger partial charge is 0.183 e. The molecule has 5 nitrogen and oxygen atoms in total. The number of rotatable bonds is 5. The fourth-order valence-electron chi connectivity index (χ4n) is 2.59. The van der Waals surface area contributed by atoms with E-state index in [0.717, 1.165) is 22.6 Å². The van der Waals surface area contributed by atoms with E-state index >= 15 is 0 Å². The van der Waals surface area contributed by atoms with Gasteiger partial charge in [-0.1, -0.05) is 42.5 Å². The number of benzene rings is 2. The summed E-state index contributed by atoms with van der Waals surface area (Å²) in [6.45, 7) is 0. The third-order valence-electron chi connectivity index (χ3n) is 4.04. The van der Waals surface area contributed by atoms with Gasteiger partial charge in [-0.2, -0.15) is 5.10 Å². The van der Waals surface area contributed by atoms with Gasteiger partial charge >= 0.3 is 0 Å². The molecular formula is C19H22N4O. The van der Waals surface area contributed by atoms with E-state index in [0.29, 0.717) is 12.2 Å². The highest BCUT2D eigenvalue weighted by Crippen LogP contribution is 2.20. The molecule has 0 aliphatic rings. The zero-order valence-electron chi connectivity index (χ0n) is 14.2. The molecule has 24 heavy (non-hydrogen) atoms. The first kappa shape index (κ1) is 16.2. The van der Waals surface area contributed by atoms with Crippen molar-refractivity contribution in [1.29, 1.82) is 0 Å². The molecule has 3 rings (SSSR count). The molecule has 0 aliphatic carbocycles. The molecule has 0 radical (unpaired) electrons. The van der Waals surface area contributed by atoms with E-state index in [-0.39, 0.29) is 0 Å². The van der Waals surface area contributed by atoms with E-state index in [9.17, 15) is 5.11 Å². The van der Waals surface area contributed by atoms with Crippen molar-refractivity contribution < 1.29 is 5.11 Å². The lowest BCUT2D eigenvalue weighted by Crippen LogP contribution is -2.08. The van der Waals surface area contributed by atoms with Crippen LogP contribution in [0.25, 0.3) is 0 Å². The predicted octanol–water partition coefficient (Wildman–Crippen LogP) is 2.55. The van der Waals surface area contributed by atoms with Crippen molar-refractivity contribution in [2.75, 3.05) is 19.0 Å². The van der Waals surface area contributed by atoms with Crippen molar-refractivity contribution in [2.24, 2.45) is 7.05 Å². The van der Waals surface area contributed by atoms with Gasteiger partial charge in [-0.25, -0.2) is 4.98 Å². The number of hydrogen-bond donors (Lipinski definition) is 1. The average Bonchev–Trinajstić information content (AvgIpc) is 2.96. The Kier molecular flexibility index (Phi) is 4.62. The first-order valence-corrected chi connectivity index (χ1v) is 7.93. The van der Waals surface area contributed by atoms with Gasteiger partial charge in [0.15, 0.2) is 5.82 Å². The Hall–Kier alpha value is -2.66. The minimum absolute atomic E-state index is 0.434. The van der Waals surface area contributed by atoms with Gasteiger partial charge < -0.3 is 10.0 Å². The molecule has 1 N–H and O–H groups in total. The van der Waals surface area contributed by atoms with E-state index in [1.807, 2.05) is 51.5 Å². The summed E-state index contributed by atoms with van der Waals surface area (Å²) < 4.78 is 1.74. The fourth-order valence-corrected chi connectivity index (χ4v) is 2.59. The number of aliphatic hydroxyl groups is 1. The molecule has 0 bridgehead atoms. The Morgan fingerprint density at radius 1 is 1.04 bits per heavy atom. The lowest BCUT2D eigenvalue weighted by Gasteiger charge is -2.12. The van der Waals surface area contributed by atoms with Gasteiger partial charge in [-0.3, -0.25) is 4.68 Å². The zero-order chi connectivity index (χ0) is 17.1. The fraction of sp³-hybridized carbons (Fsp3) is 0.263. The quantitative estimate of drug-likeness (QED) is 0.784. The molecule has 1 atom stereocenters. The molecule has 3 aromatic rings. The van der Waals surface area contributed by atoms with Crippen LogP contribution in [0.1, 0.15) is 28.9 Å². The number of nitrogens with zero attached hydrogens (tertiary/aromatic N) is 4. The molecule has 124 valence electrons. The van der Waals surface area contributed by atoms with Crippen molar-refractivity contribution in [3.8, 4) is 0 Å². The molecule has 0 saturated heterocycles. The summed E-state index contributed by atoms with van der Waals surface area (Å²) in [6.07, 6.45) is -0.124. The molecule has 1 heterocycles. The van der Waals surface area contributed by atoms with Gasteiger partial charge in [-0.05, 0) is 23.3 Å². The summed E-state index contributed by atoms with van der Waals surface area (Å²) in [4.78, 5) is 6.60. The number of anilines is 1. The van der Waals surface area contributed by atoms with E-state index < -0.39 is 6.10 Å². The molecule has 0 unspecified atom stereocenters. The average molecular weight is 322 g/mol. The van der Waals surface area contributed by atoms with Crippen LogP contribution in [0.3, 0.4) is 0 Å². The van der Waals surface area contributed by atoms with Gasteiger partial charge in [0.2, 0.25) is 0 Å². The summed E-state index contributed by atoms with van der Waals surface area (Å²) in [5.74, 6) is 1.26. The lowest BCUT2D eigenvalue weighted by atomic mass is 10.1. The normalized spacial score (nSPS) is 12.2. The highest BCUT2D eigenvalue weighted by Gasteiger charge is 2.17. The predicted molar refractivity (Wildman–Crippen MR) is 95.1 cm³/mol. The molecule has 2 aromatic carbocycles. The molecule has 0 aliphatic heterocycles. The van der Waals surface area contributed by atoms with Gasteiger partial charge in [0.1, 0.15) is 11.9 Å². The van der Waals surface area contributed by atoms with Crippen LogP contribution in [0.2, 0.25) is 0 Å². The Balaban J connectivity index is 1.79. The standard InChI is InChI=1S/C19H22N4O/c1-22(2)16-11-9-14(10-12-16)13-17-20-19(21-23(17)3)18(24)15-7-5-4-6-8-15/h4-12,18,24H,13H2,1-3H3/t18-/m1/s1. The minimum Gasteiger partial charge on any atom is -0.380 e. The van der Waals surface area contributed by atoms with Crippen molar-refractivity contribution in [2.45, 2.75) is 12.5 Å². The molecule has 0 amide bonds. The van der Waals surface area contributed by atoms with Gasteiger partial charge in [0.25, 0.3) is 0 Å². The second-order valence-corrected chi connectivity index (χ2v) is 6.06. The van der Waals surface area contributed by atoms with Crippen LogP contribution in [0.5, 0.6) is 0 Å². The Labute approximate surface area is 142 Å². The Bertz CT molecular complexity index is 794. The summed E-state index contributed by atoms with van der Waals surface area (Å²) in [6, 6.07) is 17.8. The van der Waals surface area contributed by atoms with Crippen LogP contribution in [0.15, 0.2) is 54.6 Å². The summed E-state index contributed by atoms with van der Waals surface area (Å²) in [5.41, 5.74) is 3.12. The maximum atomic E-state index is 10.4. The third kappa shape index (κ3) is 3.46. The van der Waals surface area contributed by atoms with Crippen LogP contribution >= 0.6 is 0 Å². The molecule has 5 heteroatoms. The lowest BCUT2D eigenvalue weighted by molar-refractivity contribution is 0.209. The summed E-state index contributed by atoms with van der Waals surface area (Å²) in [5, 5.41) is 14.8. The summed E-state index contributed by atoms with van der Waals surface area (Å²) >= 11 is 0. The zero-order valence-corrected chi connectivity index (χ0v) is 14.2. The van der Waals surface area contributed by atoms with Crippen LogP contribution in [-0.4, -0.2) is 34.0 Å². The van der Waals surface area contributed by atoms with Gasteiger partial charge in [-0.15, -0.1) is 0 Å². The third-order valence-corrected chi connectivity index (χ3v) is 4.04. The van der Waals surface area contributed by atoms with Crippen LogP contribution in [0, 0.1) is 0 Å². The minimum atomic E-state index is -0.803. The van der Waals surface area contributed by atoms with E-state index in [4.69, 9.17) is 0 Å².